The van der Waals surface area contributed by atoms with Crippen LogP contribution >= 0.6 is 15.9 Å². The molecule has 0 saturated heterocycles. The highest BCUT2D eigenvalue weighted by Gasteiger charge is 2.18. The van der Waals surface area contributed by atoms with E-state index >= 15 is 0 Å². The Labute approximate surface area is 114 Å². The zero-order valence-corrected chi connectivity index (χ0v) is 12.0. The second-order valence-electron chi connectivity index (χ2n) is 4.60. The van der Waals surface area contributed by atoms with E-state index in [1.165, 1.54) is 6.33 Å². The number of nitrogens with zero attached hydrogens (tertiary/aromatic N) is 3. The zero-order valence-electron chi connectivity index (χ0n) is 10.4. The first-order valence-electron chi connectivity index (χ1n) is 5.85. The van der Waals surface area contributed by atoms with Crippen LogP contribution in [0.15, 0.2) is 27.5 Å². The summed E-state index contributed by atoms with van der Waals surface area (Å²) < 4.78 is 7.83. The molecule has 2 aromatic heterocycles. The Hall–Kier alpha value is -1.14. The number of furan rings is 1. The van der Waals surface area contributed by atoms with Crippen molar-refractivity contribution in [3.05, 3.63) is 34.7 Å². The highest BCUT2D eigenvalue weighted by atomic mass is 79.9. The molecule has 0 aliphatic carbocycles. The van der Waals surface area contributed by atoms with Gasteiger partial charge >= 0.3 is 0 Å². The van der Waals surface area contributed by atoms with Crippen molar-refractivity contribution in [3.8, 4) is 0 Å². The second kappa shape index (κ2) is 5.67. The van der Waals surface area contributed by atoms with Crippen LogP contribution in [0.5, 0.6) is 0 Å². The number of aromatic nitrogens is 3. The van der Waals surface area contributed by atoms with Crippen molar-refractivity contribution in [3.63, 3.8) is 0 Å². The molecule has 0 saturated carbocycles. The van der Waals surface area contributed by atoms with Crippen LogP contribution < -0.4 is 0 Å². The average molecular weight is 314 g/mol. The van der Waals surface area contributed by atoms with E-state index in [1.54, 1.807) is 12.3 Å². The molecule has 1 N–H and O–H groups in total. The molecule has 0 amide bonds. The first kappa shape index (κ1) is 13.3. The average Bonchev–Trinajstić information content (AvgIpc) is 2.88. The van der Waals surface area contributed by atoms with Gasteiger partial charge in [0.25, 0.3) is 0 Å². The number of aliphatic hydroxyl groups excluding tert-OH is 1. The van der Waals surface area contributed by atoms with Gasteiger partial charge in [-0.05, 0) is 27.9 Å². The Balaban J connectivity index is 2.10. The predicted molar refractivity (Wildman–Crippen MR) is 69.9 cm³/mol. The Morgan fingerprint density at radius 1 is 1.50 bits per heavy atom. The number of hydrogen-bond acceptors (Lipinski definition) is 4. The van der Waals surface area contributed by atoms with E-state index < -0.39 is 6.10 Å². The van der Waals surface area contributed by atoms with Crippen LogP contribution in [-0.4, -0.2) is 19.9 Å². The van der Waals surface area contributed by atoms with Crippen molar-refractivity contribution in [1.82, 2.24) is 14.8 Å². The lowest BCUT2D eigenvalue weighted by Gasteiger charge is -2.11. The van der Waals surface area contributed by atoms with E-state index in [0.717, 1.165) is 16.8 Å². The molecule has 1 unspecified atom stereocenters. The van der Waals surface area contributed by atoms with Gasteiger partial charge in [0.2, 0.25) is 0 Å². The molecule has 2 heterocycles. The van der Waals surface area contributed by atoms with Crippen LogP contribution in [0, 0.1) is 5.92 Å². The van der Waals surface area contributed by atoms with E-state index in [-0.39, 0.29) is 0 Å². The number of aliphatic hydroxyl groups is 1. The SMILES string of the molecule is CC(C)Cn1ncnc1CC(O)c1occc1Br. The molecule has 0 fully saturated rings. The minimum Gasteiger partial charge on any atom is -0.465 e. The summed E-state index contributed by atoms with van der Waals surface area (Å²) in [6.45, 7) is 5.03. The fourth-order valence-corrected chi connectivity index (χ4v) is 2.22. The fourth-order valence-electron chi connectivity index (χ4n) is 1.75. The molecule has 2 aromatic rings. The molecule has 1 atom stereocenters. The van der Waals surface area contributed by atoms with Crippen molar-refractivity contribution in [2.75, 3.05) is 0 Å². The summed E-state index contributed by atoms with van der Waals surface area (Å²) >= 11 is 3.33. The van der Waals surface area contributed by atoms with Crippen molar-refractivity contribution in [1.29, 1.82) is 0 Å². The topological polar surface area (TPSA) is 64.1 Å². The van der Waals surface area contributed by atoms with Crippen molar-refractivity contribution >= 4 is 15.9 Å². The molecule has 98 valence electrons. The zero-order chi connectivity index (χ0) is 13.1. The monoisotopic (exact) mass is 313 g/mol. The molecule has 0 aromatic carbocycles. The van der Waals surface area contributed by atoms with Crippen LogP contribution in [0.25, 0.3) is 0 Å². The minimum absolute atomic E-state index is 0.388. The highest BCUT2D eigenvalue weighted by Crippen LogP contribution is 2.26. The van der Waals surface area contributed by atoms with Gasteiger partial charge in [-0.15, -0.1) is 0 Å². The first-order valence-corrected chi connectivity index (χ1v) is 6.65. The van der Waals surface area contributed by atoms with E-state index in [0.29, 0.717) is 18.1 Å². The lowest BCUT2D eigenvalue weighted by Crippen LogP contribution is -2.13. The van der Waals surface area contributed by atoms with E-state index in [2.05, 4.69) is 39.9 Å². The third kappa shape index (κ3) is 3.00. The van der Waals surface area contributed by atoms with Gasteiger partial charge in [-0.25, -0.2) is 9.67 Å². The van der Waals surface area contributed by atoms with Gasteiger partial charge < -0.3 is 9.52 Å². The van der Waals surface area contributed by atoms with Gasteiger partial charge in [-0.2, -0.15) is 5.10 Å². The molecule has 6 heteroatoms. The molecule has 0 bridgehead atoms. The predicted octanol–water partition coefficient (Wildman–Crippen LogP) is 2.57. The van der Waals surface area contributed by atoms with Crippen LogP contribution in [0.1, 0.15) is 31.5 Å². The van der Waals surface area contributed by atoms with Crippen LogP contribution in [-0.2, 0) is 13.0 Å². The number of halogens is 1. The molecule has 0 aliphatic heterocycles. The maximum atomic E-state index is 10.1. The van der Waals surface area contributed by atoms with Crippen molar-refractivity contribution in [2.45, 2.75) is 32.9 Å². The first-order chi connectivity index (χ1) is 8.58. The third-order valence-electron chi connectivity index (χ3n) is 2.56. The summed E-state index contributed by atoms with van der Waals surface area (Å²) in [5, 5.41) is 14.3. The fraction of sp³-hybridized carbons (Fsp3) is 0.500. The Morgan fingerprint density at radius 3 is 2.89 bits per heavy atom. The molecule has 0 aliphatic rings. The van der Waals surface area contributed by atoms with E-state index in [4.69, 9.17) is 4.42 Å². The van der Waals surface area contributed by atoms with Crippen LogP contribution in [0.2, 0.25) is 0 Å². The third-order valence-corrected chi connectivity index (χ3v) is 3.21. The summed E-state index contributed by atoms with van der Waals surface area (Å²) in [7, 11) is 0. The smallest absolute Gasteiger partial charge is 0.146 e. The maximum absolute atomic E-state index is 10.1. The Morgan fingerprint density at radius 2 is 2.28 bits per heavy atom. The van der Waals surface area contributed by atoms with Gasteiger partial charge in [0.05, 0.1) is 10.7 Å². The molecule has 18 heavy (non-hydrogen) atoms. The Bertz CT molecular complexity index is 507. The largest absolute Gasteiger partial charge is 0.465 e. The van der Waals surface area contributed by atoms with Gasteiger partial charge in [0.1, 0.15) is 24.0 Å². The normalized spacial score (nSPS) is 13.2. The number of rotatable bonds is 5. The molecular formula is C12H16BrN3O2. The number of hydrogen-bond donors (Lipinski definition) is 1. The second-order valence-corrected chi connectivity index (χ2v) is 5.46. The lowest BCUT2D eigenvalue weighted by atomic mass is 10.2. The van der Waals surface area contributed by atoms with Crippen molar-refractivity contribution in [2.24, 2.45) is 5.92 Å². The molecule has 5 nitrogen and oxygen atoms in total. The summed E-state index contributed by atoms with van der Waals surface area (Å²) in [5.41, 5.74) is 0. The Kier molecular flexibility index (Phi) is 4.19. The lowest BCUT2D eigenvalue weighted by molar-refractivity contribution is 0.145. The van der Waals surface area contributed by atoms with E-state index in [1.807, 2.05) is 4.68 Å². The summed E-state index contributed by atoms with van der Waals surface area (Å²) in [6, 6.07) is 1.76. The maximum Gasteiger partial charge on any atom is 0.146 e. The standard InChI is InChI=1S/C12H16BrN3O2/c1-8(2)6-16-11(14-7-15-16)5-10(17)12-9(13)3-4-18-12/h3-4,7-8,10,17H,5-6H2,1-2H3. The molecule has 0 radical (unpaired) electrons. The summed E-state index contributed by atoms with van der Waals surface area (Å²) in [5.74, 6) is 1.77. The van der Waals surface area contributed by atoms with Gasteiger partial charge in [0, 0.05) is 13.0 Å². The van der Waals surface area contributed by atoms with Gasteiger partial charge in [-0.3, -0.25) is 0 Å². The highest BCUT2D eigenvalue weighted by molar-refractivity contribution is 9.10. The van der Waals surface area contributed by atoms with Gasteiger partial charge in [-0.1, -0.05) is 13.8 Å². The van der Waals surface area contributed by atoms with Crippen LogP contribution in [0.3, 0.4) is 0 Å². The molecular weight excluding hydrogens is 298 g/mol. The molecule has 2 rings (SSSR count). The summed E-state index contributed by atoms with van der Waals surface area (Å²) in [6.07, 6.45) is 2.73. The van der Waals surface area contributed by atoms with Crippen LogP contribution in [0.4, 0.5) is 0 Å². The summed E-state index contributed by atoms with van der Waals surface area (Å²) in [4.78, 5) is 4.18. The minimum atomic E-state index is -0.718. The van der Waals surface area contributed by atoms with Gasteiger partial charge in [0.15, 0.2) is 0 Å². The van der Waals surface area contributed by atoms with E-state index in [9.17, 15) is 5.11 Å². The quantitative estimate of drug-likeness (QED) is 0.921. The van der Waals surface area contributed by atoms with Crippen molar-refractivity contribution < 1.29 is 9.52 Å². The molecule has 0 spiro atoms.